The molecule has 2 N–H and O–H groups in total. The summed E-state index contributed by atoms with van der Waals surface area (Å²) in [6.07, 6.45) is 1.77. The van der Waals surface area contributed by atoms with E-state index in [2.05, 4.69) is 10.0 Å². The van der Waals surface area contributed by atoms with E-state index in [1.807, 2.05) is 0 Å². The van der Waals surface area contributed by atoms with E-state index in [9.17, 15) is 21.6 Å². The Morgan fingerprint density at radius 3 is 2.67 bits per heavy atom. The van der Waals surface area contributed by atoms with Crippen LogP contribution in [0.3, 0.4) is 0 Å². The van der Waals surface area contributed by atoms with Crippen LogP contribution in [-0.4, -0.2) is 45.1 Å². The maximum Gasteiger partial charge on any atom is 0.441 e. The number of nitrogens with one attached hydrogen (secondary N) is 2. The van der Waals surface area contributed by atoms with E-state index in [4.69, 9.17) is 0 Å². The lowest BCUT2D eigenvalue weighted by Gasteiger charge is -2.22. The second-order valence-corrected chi connectivity index (χ2v) is 7.19. The van der Waals surface area contributed by atoms with E-state index in [1.54, 1.807) is 0 Å². The highest BCUT2D eigenvalue weighted by molar-refractivity contribution is 8.00. The first kappa shape index (κ1) is 16.1. The highest BCUT2D eigenvalue weighted by Gasteiger charge is 2.28. The minimum Gasteiger partial charge on any atom is -0.316 e. The zero-order chi connectivity index (χ0) is 13.6. The highest BCUT2D eigenvalue weighted by atomic mass is 32.2. The van der Waals surface area contributed by atoms with Crippen molar-refractivity contribution in [3.8, 4) is 0 Å². The van der Waals surface area contributed by atoms with Gasteiger partial charge in [0.2, 0.25) is 10.0 Å². The summed E-state index contributed by atoms with van der Waals surface area (Å²) in [5.41, 5.74) is -4.31. The molecule has 18 heavy (non-hydrogen) atoms. The summed E-state index contributed by atoms with van der Waals surface area (Å²) in [5, 5.41) is 3.10. The van der Waals surface area contributed by atoms with E-state index in [1.165, 1.54) is 0 Å². The van der Waals surface area contributed by atoms with Gasteiger partial charge in [0.1, 0.15) is 0 Å². The number of rotatable bonds is 6. The third kappa shape index (κ3) is 7.45. The molecule has 0 radical (unpaired) electrons. The van der Waals surface area contributed by atoms with Crippen molar-refractivity contribution >= 4 is 21.8 Å². The molecule has 1 unspecified atom stereocenters. The van der Waals surface area contributed by atoms with Crippen LogP contribution in [0.4, 0.5) is 13.2 Å². The zero-order valence-electron chi connectivity index (χ0n) is 9.79. The maximum absolute atomic E-state index is 11.8. The lowest BCUT2D eigenvalue weighted by molar-refractivity contribution is -0.0327. The van der Waals surface area contributed by atoms with Crippen LogP contribution in [0.5, 0.6) is 0 Å². The van der Waals surface area contributed by atoms with Crippen molar-refractivity contribution in [2.75, 3.05) is 31.1 Å². The molecule has 0 spiro atoms. The van der Waals surface area contributed by atoms with Gasteiger partial charge in [-0.1, -0.05) is 0 Å². The smallest absolute Gasteiger partial charge is 0.316 e. The molecule has 1 heterocycles. The summed E-state index contributed by atoms with van der Waals surface area (Å²) in [4.78, 5) is 0. The number of thioether (sulfide) groups is 1. The first-order valence-electron chi connectivity index (χ1n) is 5.67. The molecule has 1 fully saturated rings. The topological polar surface area (TPSA) is 58.2 Å². The zero-order valence-corrected chi connectivity index (χ0v) is 11.4. The van der Waals surface area contributed by atoms with Crippen LogP contribution in [0.1, 0.15) is 12.8 Å². The predicted molar refractivity (Wildman–Crippen MR) is 65.9 cm³/mol. The summed E-state index contributed by atoms with van der Waals surface area (Å²) in [7, 11) is -3.47. The molecule has 0 saturated carbocycles. The van der Waals surface area contributed by atoms with Crippen molar-refractivity contribution in [3.63, 3.8) is 0 Å². The molecule has 1 rings (SSSR count). The number of alkyl halides is 3. The molecule has 1 aliphatic rings. The molecule has 0 aromatic carbocycles. The number of halogens is 3. The van der Waals surface area contributed by atoms with Crippen LogP contribution >= 0.6 is 11.8 Å². The lowest BCUT2D eigenvalue weighted by Crippen LogP contribution is -2.38. The average molecular weight is 306 g/mol. The molecular weight excluding hydrogens is 289 g/mol. The van der Waals surface area contributed by atoms with Crippen molar-refractivity contribution in [3.05, 3.63) is 0 Å². The van der Waals surface area contributed by atoms with Crippen molar-refractivity contribution in [2.45, 2.75) is 18.3 Å². The third-order valence-corrected chi connectivity index (χ3v) is 4.83. The van der Waals surface area contributed by atoms with Crippen LogP contribution in [0.2, 0.25) is 0 Å². The quantitative estimate of drug-likeness (QED) is 0.723. The minimum absolute atomic E-state index is 0.0172. The molecule has 0 amide bonds. The number of hydrogen-bond acceptors (Lipinski definition) is 4. The number of sulfonamides is 1. The monoisotopic (exact) mass is 306 g/mol. The van der Waals surface area contributed by atoms with Crippen LogP contribution in [-0.2, 0) is 10.0 Å². The van der Waals surface area contributed by atoms with Crippen LogP contribution < -0.4 is 10.0 Å². The molecule has 0 aromatic heterocycles. The predicted octanol–water partition coefficient (Wildman–Crippen LogP) is 1.16. The molecular formula is C9H17F3N2O2S2. The fourth-order valence-corrected chi connectivity index (χ4v) is 3.80. The van der Waals surface area contributed by atoms with Crippen molar-refractivity contribution < 1.29 is 21.6 Å². The number of hydrogen-bond donors (Lipinski definition) is 2. The second-order valence-electron chi connectivity index (χ2n) is 4.18. The van der Waals surface area contributed by atoms with Crippen LogP contribution in [0, 0.1) is 5.92 Å². The Hall–Kier alpha value is 0.01000. The molecule has 108 valence electrons. The molecule has 0 aromatic rings. The van der Waals surface area contributed by atoms with Gasteiger partial charge in [-0.15, -0.1) is 0 Å². The Kier molecular flexibility index (Phi) is 6.22. The summed E-state index contributed by atoms with van der Waals surface area (Å²) in [6.45, 7) is 1.36. The molecule has 0 aliphatic carbocycles. The molecule has 1 aliphatic heterocycles. The average Bonchev–Trinajstić information content (AvgIpc) is 2.24. The Morgan fingerprint density at radius 1 is 1.39 bits per heavy atom. The molecule has 9 heteroatoms. The summed E-state index contributed by atoms with van der Waals surface area (Å²) < 4.78 is 60.9. The number of piperidine rings is 1. The van der Waals surface area contributed by atoms with Gasteiger partial charge in [-0.3, -0.25) is 0 Å². The first-order valence-corrected chi connectivity index (χ1v) is 8.31. The summed E-state index contributed by atoms with van der Waals surface area (Å²) in [5.74, 6) is -0.269. The van der Waals surface area contributed by atoms with E-state index in [0.717, 1.165) is 19.4 Å². The van der Waals surface area contributed by atoms with Gasteiger partial charge in [0.05, 0.1) is 5.75 Å². The largest absolute Gasteiger partial charge is 0.441 e. The Bertz CT molecular complexity index is 340. The van der Waals surface area contributed by atoms with E-state index in [-0.39, 0.29) is 35.7 Å². The fourth-order valence-electron chi connectivity index (χ4n) is 1.80. The molecule has 1 atom stereocenters. The summed E-state index contributed by atoms with van der Waals surface area (Å²) in [6, 6.07) is 0. The third-order valence-electron chi connectivity index (χ3n) is 2.54. The highest BCUT2D eigenvalue weighted by Crippen LogP contribution is 2.29. The van der Waals surface area contributed by atoms with Gasteiger partial charge in [0.15, 0.2) is 0 Å². The van der Waals surface area contributed by atoms with Crippen molar-refractivity contribution in [1.82, 2.24) is 10.0 Å². The van der Waals surface area contributed by atoms with Gasteiger partial charge in [-0.25, -0.2) is 13.1 Å². The van der Waals surface area contributed by atoms with Gasteiger partial charge in [-0.2, -0.15) is 13.2 Å². The van der Waals surface area contributed by atoms with Gasteiger partial charge in [0.25, 0.3) is 0 Å². The Balaban J connectivity index is 2.22. The van der Waals surface area contributed by atoms with E-state index >= 15 is 0 Å². The normalized spacial score (nSPS) is 22.1. The SMILES string of the molecule is O=S(=O)(CC1CCCNC1)NCCSC(F)(F)F. The Labute approximate surface area is 109 Å². The maximum atomic E-state index is 11.8. The molecule has 1 saturated heterocycles. The van der Waals surface area contributed by atoms with Crippen molar-refractivity contribution in [1.29, 1.82) is 0 Å². The van der Waals surface area contributed by atoms with E-state index < -0.39 is 15.5 Å². The lowest BCUT2D eigenvalue weighted by atomic mass is 10.0. The standard InChI is InChI=1S/C9H17F3N2O2S2/c10-9(11,12)17-5-4-14-18(15,16)7-8-2-1-3-13-6-8/h8,13-14H,1-7H2. The molecule has 4 nitrogen and oxygen atoms in total. The van der Waals surface area contributed by atoms with Gasteiger partial charge in [-0.05, 0) is 43.6 Å². The van der Waals surface area contributed by atoms with Crippen LogP contribution in [0.15, 0.2) is 0 Å². The van der Waals surface area contributed by atoms with Gasteiger partial charge in [0, 0.05) is 12.3 Å². The fraction of sp³-hybridized carbons (Fsp3) is 1.00. The van der Waals surface area contributed by atoms with Gasteiger partial charge >= 0.3 is 5.51 Å². The molecule has 0 bridgehead atoms. The summed E-state index contributed by atoms with van der Waals surface area (Å²) >= 11 is -0.219. The van der Waals surface area contributed by atoms with Crippen LogP contribution in [0.25, 0.3) is 0 Å². The minimum atomic E-state index is -4.31. The van der Waals surface area contributed by atoms with Crippen molar-refractivity contribution in [2.24, 2.45) is 5.92 Å². The second kappa shape index (κ2) is 6.97. The van der Waals surface area contributed by atoms with Gasteiger partial charge < -0.3 is 5.32 Å². The van der Waals surface area contributed by atoms with E-state index in [0.29, 0.717) is 6.54 Å². The first-order chi connectivity index (χ1) is 8.29. The Morgan fingerprint density at radius 2 is 2.11 bits per heavy atom.